The van der Waals surface area contributed by atoms with Crippen LogP contribution in [0.2, 0.25) is 0 Å². The van der Waals surface area contributed by atoms with Gasteiger partial charge in [0.25, 0.3) is 5.56 Å². The van der Waals surface area contributed by atoms with Gasteiger partial charge in [0.15, 0.2) is 5.65 Å². The van der Waals surface area contributed by atoms with E-state index >= 15 is 0 Å². The molecule has 2 rings (SSSR count). The van der Waals surface area contributed by atoms with Crippen molar-refractivity contribution in [3.05, 3.63) is 22.5 Å². The molecule has 0 radical (unpaired) electrons. The molecule has 14 heavy (non-hydrogen) atoms. The molecule has 0 bridgehead atoms. The Balaban J connectivity index is 2.77. The van der Waals surface area contributed by atoms with E-state index in [4.69, 9.17) is 5.84 Å². The number of pyridine rings is 1. The van der Waals surface area contributed by atoms with Gasteiger partial charge in [-0.15, -0.1) is 0 Å². The molecule has 0 aliphatic rings. The topological polar surface area (TPSA) is 79.9 Å². The van der Waals surface area contributed by atoms with Crippen LogP contribution in [0.15, 0.2) is 16.9 Å². The molecule has 2 heterocycles. The lowest BCUT2D eigenvalue weighted by Gasteiger charge is -2.09. The molecule has 0 aromatic carbocycles. The number of aromatic nitrogens is 3. The van der Waals surface area contributed by atoms with Crippen molar-refractivity contribution in [2.45, 2.75) is 0 Å². The number of nitrogens with two attached hydrogens (primary N) is 1. The van der Waals surface area contributed by atoms with Crippen LogP contribution in [0.25, 0.3) is 11.0 Å². The van der Waals surface area contributed by atoms with Gasteiger partial charge in [-0.1, -0.05) is 0 Å². The maximum absolute atomic E-state index is 11.3. The number of hydrogen-bond donors (Lipinski definition) is 2. The molecule has 6 heteroatoms. The summed E-state index contributed by atoms with van der Waals surface area (Å²) < 4.78 is 1.57. The van der Waals surface area contributed by atoms with Gasteiger partial charge in [-0.05, 0) is 12.1 Å². The Bertz CT molecular complexity index is 524. The molecule has 0 fully saturated rings. The molecule has 74 valence electrons. The lowest BCUT2D eigenvalue weighted by molar-refractivity contribution is 0.772. The van der Waals surface area contributed by atoms with E-state index in [1.165, 1.54) is 5.01 Å². The van der Waals surface area contributed by atoms with Gasteiger partial charge in [0.1, 0.15) is 5.82 Å². The number of aryl methyl sites for hydroxylation is 1. The van der Waals surface area contributed by atoms with Crippen molar-refractivity contribution in [1.29, 1.82) is 0 Å². The lowest BCUT2D eigenvalue weighted by atomic mass is 10.3. The molecule has 2 aromatic heterocycles. The number of anilines is 1. The first kappa shape index (κ1) is 8.76. The molecule has 0 aliphatic carbocycles. The zero-order chi connectivity index (χ0) is 10.3. The van der Waals surface area contributed by atoms with E-state index in [0.29, 0.717) is 16.9 Å². The second kappa shape index (κ2) is 2.85. The van der Waals surface area contributed by atoms with E-state index in [2.05, 4.69) is 10.1 Å². The first-order valence-electron chi connectivity index (χ1n) is 4.14. The Morgan fingerprint density at radius 1 is 1.57 bits per heavy atom. The monoisotopic (exact) mass is 193 g/mol. The molecule has 0 saturated heterocycles. The fraction of sp³-hybridized carbons (Fsp3) is 0.250. The first-order chi connectivity index (χ1) is 6.59. The summed E-state index contributed by atoms with van der Waals surface area (Å²) in [6.07, 6.45) is 0. The van der Waals surface area contributed by atoms with E-state index < -0.39 is 0 Å². The highest BCUT2D eigenvalue weighted by atomic mass is 16.1. The van der Waals surface area contributed by atoms with Gasteiger partial charge in [0.2, 0.25) is 0 Å². The van der Waals surface area contributed by atoms with E-state index in [1.54, 1.807) is 30.9 Å². The van der Waals surface area contributed by atoms with Crippen LogP contribution in [0.4, 0.5) is 5.82 Å². The molecule has 0 spiro atoms. The number of H-pyrrole nitrogens is 1. The summed E-state index contributed by atoms with van der Waals surface area (Å²) in [7, 11) is 3.43. The van der Waals surface area contributed by atoms with Crippen LogP contribution in [-0.2, 0) is 7.05 Å². The van der Waals surface area contributed by atoms with Gasteiger partial charge in [-0.3, -0.25) is 19.6 Å². The quantitative estimate of drug-likeness (QED) is 0.476. The molecule has 0 amide bonds. The van der Waals surface area contributed by atoms with Gasteiger partial charge < -0.3 is 0 Å². The Hall–Kier alpha value is -1.82. The largest absolute Gasteiger partial charge is 0.298 e. The molecular weight excluding hydrogens is 182 g/mol. The van der Waals surface area contributed by atoms with Gasteiger partial charge in [0, 0.05) is 14.1 Å². The maximum Gasteiger partial charge on any atom is 0.273 e. The van der Waals surface area contributed by atoms with Crippen LogP contribution < -0.4 is 16.4 Å². The smallest absolute Gasteiger partial charge is 0.273 e. The summed E-state index contributed by atoms with van der Waals surface area (Å²) in [5.41, 5.74) is 0.464. The Kier molecular flexibility index (Phi) is 1.78. The van der Waals surface area contributed by atoms with E-state index in [-0.39, 0.29) is 5.56 Å². The minimum atomic E-state index is -0.138. The number of aromatic amines is 1. The minimum Gasteiger partial charge on any atom is -0.298 e. The zero-order valence-corrected chi connectivity index (χ0v) is 7.98. The Morgan fingerprint density at radius 3 is 2.93 bits per heavy atom. The third kappa shape index (κ3) is 1.16. The molecular formula is C8H11N5O. The van der Waals surface area contributed by atoms with Gasteiger partial charge >= 0.3 is 0 Å². The predicted molar refractivity (Wildman–Crippen MR) is 53.9 cm³/mol. The number of hydrazine groups is 1. The van der Waals surface area contributed by atoms with Crippen LogP contribution in [0, 0.1) is 0 Å². The number of hydrogen-bond acceptors (Lipinski definition) is 4. The highest BCUT2D eigenvalue weighted by molar-refractivity contribution is 5.76. The molecule has 2 aromatic rings. The minimum absolute atomic E-state index is 0.138. The molecule has 0 unspecified atom stereocenters. The molecule has 6 nitrogen and oxygen atoms in total. The van der Waals surface area contributed by atoms with Gasteiger partial charge in [-0.2, -0.15) is 0 Å². The lowest BCUT2D eigenvalue weighted by Crippen LogP contribution is -2.26. The van der Waals surface area contributed by atoms with Gasteiger partial charge in [-0.25, -0.2) is 10.8 Å². The highest BCUT2D eigenvalue weighted by Gasteiger charge is 2.06. The molecule has 0 saturated carbocycles. The first-order valence-corrected chi connectivity index (χ1v) is 4.14. The summed E-state index contributed by atoms with van der Waals surface area (Å²) in [4.78, 5) is 15.5. The SMILES string of the molecule is CN(N)c1ccc2c(=O)[nH]n(C)c2n1. The average Bonchev–Trinajstić information content (AvgIpc) is 2.42. The number of fused-ring (bicyclic) bond motifs is 1. The Labute approximate surface area is 79.9 Å². The van der Waals surface area contributed by atoms with E-state index in [0.717, 1.165) is 0 Å². The summed E-state index contributed by atoms with van der Waals surface area (Å²) in [5, 5.41) is 4.59. The second-order valence-electron chi connectivity index (χ2n) is 3.15. The van der Waals surface area contributed by atoms with E-state index in [9.17, 15) is 4.79 Å². The zero-order valence-electron chi connectivity index (χ0n) is 7.98. The van der Waals surface area contributed by atoms with Crippen molar-refractivity contribution in [2.24, 2.45) is 12.9 Å². The van der Waals surface area contributed by atoms with Crippen LogP contribution in [0.3, 0.4) is 0 Å². The fourth-order valence-corrected chi connectivity index (χ4v) is 1.33. The van der Waals surface area contributed by atoms with Crippen LogP contribution >= 0.6 is 0 Å². The summed E-state index contributed by atoms with van der Waals surface area (Å²) in [6.45, 7) is 0. The number of rotatable bonds is 1. The molecule has 0 aliphatic heterocycles. The van der Waals surface area contributed by atoms with E-state index in [1.807, 2.05) is 0 Å². The van der Waals surface area contributed by atoms with Crippen molar-refractivity contribution < 1.29 is 0 Å². The van der Waals surface area contributed by atoms with Crippen molar-refractivity contribution in [2.75, 3.05) is 12.1 Å². The summed E-state index contributed by atoms with van der Waals surface area (Å²) in [5.74, 6) is 6.15. The summed E-state index contributed by atoms with van der Waals surface area (Å²) in [6, 6.07) is 3.41. The average molecular weight is 193 g/mol. The normalized spacial score (nSPS) is 10.8. The highest BCUT2D eigenvalue weighted by Crippen LogP contribution is 2.11. The van der Waals surface area contributed by atoms with Crippen LogP contribution in [0.5, 0.6) is 0 Å². The third-order valence-corrected chi connectivity index (χ3v) is 2.05. The van der Waals surface area contributed by atoms with Crippen LogP contribution in [0.1, 0.15) is 0 Å². The van der Waals surface area contributed by atoms with Crippen molar-refractivity contribution in [3.63, 3.8) is 0 Å². The molecule has 0 atom stereocenters. The van der Waals surface area contributed by atoms with Gasteiger partial charge in [0.05, 0.1) is 5.39 Å². The van der Waals surface area contributed by atoms with Crippen molar-refractivity contribution in [3.8, 4) is 0 Å². The maximum atomic E-state index is 11.3. The Morgan fingerprint density at radius 2 is 2.29 bits per heavy atom. The fourth-order valence-electron chi connectivity index (χ4n) is 1.33. The number of nitrogens with one attached hydrogen (secondary N) is 1. The van der Waals surface area contributed by atoms with Crippen molar-refractivity contribution in [1.82, 2.24) is 14.8 Å². The third-order valence-electron chi connectivity index (χ3n) is 2.05. The predicted octanol–water partition coefficient (Wildman–Crippen LogP) is -0.429. The summed E-state index contributed by atoms with van der Waals surface area (Å²) >= 11 is 0. The second-order valence-corrected chi connectivity index (χ2v) is 3.15. The molecule has 3 N–H and O–H groups in total. The standard InChI is InChI=1S/C8H11N5O/c1-12(9)6-4-3-5-7(10-6)13(2)11-8(5)14/h3-4H,9H2,1-2H3,(H,11,14). The van der Waals surface area contributed by atoms with Crippen molar-refractivity contribution >= 4 is 16.9 Å². The number of nitrogens with zero attached hydrogens (tertiary/aromatic N) is 3. The van der Waals surface area contributed by atoms with Crippen LogP contribution in [-0.4, -0.2) is 21.8 Å².